The van der Waals surface area contributed by atoms with Crippen molar-refractivity contribution in [2.24, 2.45) is 5.41 Å². The van der Waals surface area contributed by atoms with Crippen LogP contribution in [0.2, 0.25) is 0 Å². The lowest BCUT2D eigenvalue weighted by Gasteiger charge is -2.31. The van der Waals surface area contributed by atoms with Crippen LogP contribution in [0, 0.1) is 15.5 Å². The first-order chi connectivity index (χ1) is 12.0. The van der Waals surface area contributed by atoms with E-state index in [-0.39, 0.29) is 18.3 Å². The Morgan fingerprint density at radius 3 is 2.60 bits per heavy atom. The first-order valence-corrected chi connectivity index (χ1v) is 8.03. The number of ether oxygens (including phenoxy) is 2. The van der Waals surface area contributed by atoms with Gasteiger partial charge in [0.15, 0.2) is 11.5 Å². The van der Waals surface area contributed by atoms with Crippen molar-refractivity contribution in [3.05, 3.63) is 69.8 Å². The number of nitrogens with zero attached hydrogens (tertiary/aromatic N) is 1. The zero-order chi connectivity index (χ0) is 17.9. The number of hydrogen-bond acceptors (Lipinski definition) is 5. The highest BCUT2D eigenvalue weighted by molar-refractivity contribution is 5.62. The summed E-state index contributed by atoms with van der Waals surface area (Å²) in [6.45, 7) is 1.65. The number of rotatable bonds is 7. The lowest BCUT2D eigenvalue weighted by Crippen LogP contribution is -2.34. The molecule has 0 amide bonds. The van der Waals surface area contributed by atoms with Gasteiger partial charge in [-0.05, 0) is 29.7 Å². The summed E-state index contributed by atoms with van der Waals surface area (Å²) < 4.78 is 10.7. The molecule has 1 heterocycles. The van der Waals surface area contributed by atoms with Crippen LogP contribution in [0.25, 0.3) is 0 Å². The van der Waals surface area contributed by atoms with Crippen molar-refractivity contribution >= 4 is 6.29 Å². The monoisotopic (exact) mass is 341 g/mol. The molecule has 2 atom stereocenters. The lowest BCUT2D eigenvalue weighted by atomic mass is 9.70. The molecule has 1 aliphatic rings. The van der Waals surface area contributed by atoms with Crippen LogP contribution < -0.4 is 9.47 Å². The molecular weight excluding hydrogens is 322 g/mol. The highest BCUT2D eigenvalue weighted by Gasteiger charge is 2.39. The molecule has 0 saturated heterocycles. The summed E-state index contributed by atoms with van der Waals surface area (Å²) in [5.41, 5.74) is 0.750. The third kappa shape index (κ3) is 3.63. The number of hydrogen-bond donors (Lipinski definition) is 0. The summed E-state index contributed by atoms with van der Waals surface area (Å²) in [6.07, 6.45) is 1.21. The van der Waals surface area contributed by atoms with Crippen molar-refractivity contribution in [3.63, 3.8) is 0 Å². The molecule has 0 bridgehead atoms. The van der Waals surface area contributed by atoms with E-state index in [1.807, 2.05) is 42.5 Å². The maximum absolute atomic E-state index is 12.0. The fourth-order valence-electron chi connectivity index (χ4n) is 3.27. The van der Waals surface area contributed by atoms with Crippen LogP contribution in [0.4, 0.5) is 0 Å². The van der Waals surface area contributed by atoms with Crippen molar-refractivity contribution in [2.75, 3.05) is 13.3 Å². The minimum atomic E-state index is -0.915. The Morgan fingerprint density at radius 2 is 1.92 bits per heavy atom. The maximum atomic E-state index is 12.0. The van der Waals surface area contributed by atoms with Crippen molar-refractivity contribution in [1.29, 1.82) is 0 Å². The molecule has 6 nitrogen and oxygen atoms in total. The summed E-state index contributed by atoms with van der Waals surface area (Å²) in [7, 11) is 0. The number of carbonyl (C=O) groups is 1. The van der Waals surface area contributed by atoms with Crippen LogP contribution in [0.5, 0.6) is 11.5 Å². The topological polar surface area (TPSA) is 78.7 Å². The van der Waals surface area contributed by atoms with Crippen molar-refractivity contribution in [2.45, 2.75) is 19.3 Å². The average molecular weight is 341 g/mol. The number of aldehydes is 1. The predicted molar refractivity (Wildman–Crippen MR) is 91.5 cm³/mol. The van der Waals surface area contributed by atoms with Gasteiger partial charge in [0.25, 0.3) is 0 Å². The standard InChI is InChI=1S/C19H19NO5/c1-19(12-21,10-14-7-8-17-18(9-14)25-13-24-17)16(11-20(22)23)15-5-3-2-4-6-15/h2-9,12,16H,10-11,13H2,1H3/t16-,19+/m1/s1. The highest BCUT2D eigenvalue weighted by Crippen LogP contribution is 2.40. The molecule has 1 aliphatic heterocycles. The fraction of sp³-hybridized carbons (Fsp3) is 0.316. The fourth-order valence-corrected chi connectivity index (χ4v) is 3.27. The second-order valence-corrected chi connectivity index (χ2v) is 6.47. The van der Waals surface area contributed by atoms with Gasteiger partial charge in [-0.15, -0.1) is 0 Å². The molecule has 0 aromatic heterocycles. The van der Waals surface area contributed by atoms with E-state index in [0.717, 1.165) is 17.4 Å². The Morgan fingerprint density at radius 1 is 1.20 bits per heavy atom. The molecule has 0 radical (unpaired) electrons. The summed E-state index contributed by atoms with van der Waals surface area (Å²) in [5.74, 6) is 0.782. The minimum absolute atomic E-state index is 0.178. The third-order valence-electron chi connectivity index (χ3n) is 4.62. The van der Waals surface area contributed by atoms with Crippen molar-refractivity contribution < 1.29 is 19.2 Å². The normalized spacial score (nSPS) is 16.0. The van der Waals surface area contributed by atoms with Crippen LogP contribution in [0.15, 0.2) is 48.5 Å². The highest BCUT2D eigenvalue weighted by atomic mass is 16.7. The molecule has 3 rings (SSSR count). The molecule has 130 valence electrons. The zero-order valence-corrected chi connectivity index (χ0v) is 13.9. The number of benzene rings is 2. The molecule has 0 aliphatic carbocycles. The minimum Gasteiger partial charge on any atom is -0.454 e. The molecule has 0 unspecified atom stereocenters. The van der Waals surface area contributed by atoms with Gasteiger partial charge in [0, 0.05) is 10.3 Å². The quantitative estimate of drug-likeness (QED) is 0.439. The average Bonchev–Trinajstić information content (AvgIpc) is 3.08. The number of nitro groups is 1. The van der Waals surface area contributed by atoms with Crippen LogP contribution >= 0.6 is 0 Å². The summed E-state index contributed by atoms with van der Waals surface area (Å²) in [4.78, 5) is 22.8. The van der Waals surface area contributed by atoms with Gasteiger partial charge < -0.3 is 14.3 Å². The molecule has 6 heteroatoms. The van der Waals surface area contributed by atoms with Crippen molar-refractivity contribution in [3.8, 4) is 11.5 Å². The SMILES string of the molecule is C[C@@](C=O)(Cc1ccc2c(c1)OCO2)[C@H](C[N+](=O)[O-])c1ccccc1. The van der Waals surface area contributed by atoms with Crippen LogP contribution in [-0.2, 0) is 11.2 Å². The van der Waals surface area contributed by atoms with Gasteiger partial charge >= 0.3 is 0 Å². The van der Waals surface area contributed by atoms with E-state index in [9.17, 15) is 14.9 Å². The first-order valence-electron chi connectivity index (χ1n) is 8.03. The number of fused-ring (bicyclic) bond motifs is 1. The third-order valence-corrected chi connectivity index (χ3v) is 4.62. The molecule has 2 aromatic carbocycles. The second-order valence-electron chi connectivity index (χ2n) is 6.47. The van der Waals surface area contributed by atoms with Gasteiger partial charge in [-0.1, -0.05) is 43.3 Å². The van der Waals surface area contributed by atoms with E-state index in [1.165, 1.54) is 0 Å². The van der Waals surface area contributed by atoms with Gasteiger partial charge in [0.05, 0.1) is 5.92 Å². The zero-order valence-electron chi connectivity index (χ0n) is 13.9. The van der Waals surface area contributed by atoms with Crippen LogP contribution in [0.1, 0.15) is 24.0 Å². The van der Waals surface area contributed by atoms with Gasteiger partial charge in [-0.2, -0.15) is 0 Å². The second kappa shape index (κ2) is 6.93. The first kappa shape index (κ1) is 17.0. The van der Waals surface area contributed by atoms with Gasteiger partial charge in [-0.25, -0.2) is 0 Å². The smallest absolute Gasteiger partial charge is 0.231 e. The van der Waals surface area contributed by atoms with E-state index in [0.29, 0.717) is 17.9 Å². The Labute approximate surface area is 145 Å². The summed E-state index contributed by atoms with van der Waals surface area (Å²) >= 11 is 0. The van der Waals surface area contributed by atoms with E-state index < -0.39 is 11.3 Å². The van der Waals surface area contributed by atoms with Gasteiger partial charge in [0.1, 0.15) is 6.29 Å². The van der Waals surface area contributed by atoms with E-state index in [2.05, 4.69) is 0 Å². The summed E-state index contributed by atoms with van der Waals surface area (Å²) in [5, 5.41) is 11.2. The lowest BCUT2D eigenvalue weighted by molar-refractivity contribution is -0.485. The number of carbonyl (C=O) groups excluding carboxylic acids is 1. The largest absolute Gasteiger partial charge is 0.454 e. The van der Waals surface area contributed by atoms with Gasteiger partial charge in [0.2, 0.25) is 13.3 Å². The van der Waals surface area contributed by atoms with E-state index in [1.54, 1.807) is 13.0 Å². The molecule has 0 saturated carbocycles. The van der Waals surface area contributed by atoms with Crippen molar-refractivity contribution in [1.82, 2.24) is 0 Å². The Balaban J connectivity index is 1.93. The molecule has 0 N–H and O–H groups in total. The maximum Gasteiger partial charge on any atom is 0.231 e. The summed E-state index contributed by atoms with van der Waals surface area (Å²) in [6, 6.07) is 14.7. The van der Waals surface area contributed by atoms with E-state index >= 15 is 0 Å². The molecule has 2 aromatic rings. The Hall–Kier alpha value is -2.89. The molecular formula is C19H19NO5. The molecule has 25 heavy (non-hydrogen) atoms. The molecule has 0 fully saturated rings. The van der Waals surface area contributed by atoms with E-state index in [4.69, 9.17) is 9.47 Å². The Kier molecular flexibility index (Phi) is 4.70. The van der Waals surface area contributed by atoms with Crippen LogP contribution in [0.3, 0.4) is 0 Å². The van der Waals surface area contributed by atoms with Gasteiger partial charge in [-0.3, -0.25) is 10.1 Å². The Bertz CT molecular complexity index is 777. The predicted octanol–water partition coefficient (Wildman–Crippen LogP) is 3.22. The van der Waals surface area contributed by atoms with Crippen LogP contribution in [-0.4, -0.2) is 24.5 Å². The molecule has 0 spiro atoms.